The summed E-state index contributed by atoms with van der Waals surface area (Å²) < 4.78 is 5.03. The monoisotopic (exact) mass is 280 g/mol. The number of nitro groups is 1. The standard InChI is InChI=1S/C13H16N2O5/c1-20-11-7-9(15(18)19)3-4-10(11)12(17)14-13(8-16)5-2-6-13/h3-4,7,16H,2,5-6,8H2,1H3,(H,14,17). The summed E-state index contributed by atoms with van der Waals surface area (Å²) in [5.41, 5.74) is -0.485. The average molecular weight is 280 g/mol. The third-order valence-electron chi connectivity index (χ3n) is 3.63. The number of non-ortho nitro benzene ring substituents is 1. The van der Waals surface area contributed by atoms with Crippen LogP contribution in [0.25, 0.3) is 0 Å². The van der Waals surface area contributed by atoms with Crippen LogP contribution in [0.15, 0.2) is 18.2 Å². The molecule has 0 unspecified atom stereocenters. The molecular weight excluding hydrogens is 264 g/mol. The van der Waals surface area contributed by atoms with Gasteiger partial charge in [0.05, 0.1) is 35.8 Å². The predicted molar refractivity (Wildman–Crippen MR) is 70.8 cm³/mol. The van der Waals surface area contributed by atoms with Crippen LogP contribution in [0.2, 0.25) is 0 Å². The zero-order valence-electron chi connectivity index (χ0n) is 11.1. The molecule has 1 fully saturated rings. The lowest BCUT2D eigenvalue weighted by molar-refractivity contribution is -0.384. The molecule has 7 heteroatoms. The molecule has 1 aliphatic rings. The molecule has 1 amide bonds. The van der Waals surface area contributed by atoms with Crippen LogP contribution in [-0.4, -0.2) is 35.2 Å². The fourth-order valence-electron chi connectivity index (χ4n) is 2.22. The Bertz CT molecular complexity index is 534. The van der Waals surface area contributed by atoms with E-state index in [1.807, 2.05) is 0 Å². The zero-order chi connectivity index (χ0) is 14.8. The van der Waals surface area contributed by atoms with Crippen LogP contribution in [0.5, 0.6) is 5.75 Å². The van der Waals surface area contributed by atoms with Crippen LogP contribution in [0.4, 0.5) is 5.69 Å². The van der Waals surface area contributed by atoms with E-state index in [1.54, 1.807) is 0 Å². The molecule has 0 heterocycles. The molecule has 20 heavy (non-hydrogen) atoms. The molecule has 0 bridgehead atoms. The first-order valence-corrected chi connectivity index (χ1v) is 6.27. The van der Waals surface area contributed by atoms with Crippen molar-refractivity contribution in [3.05, 3.63) is 33.9 Å². The maximum atomic E-state index is 12.2. The maximum Gasteiger partial charge on any atom is 0.273 e. The van der Waals surface area contributed by atoms with Crippen molar-refractivity contribution in [2.75, 3.05) is 13.7 Å². The Morgan fingerprint density at radius 1 is 1.55 bits per heavy atom. The first-order valence-electron chi connectivity index (χ1n) is 6.27. The molecule has 1 aliphatic carbocycles. The van der Waals surface area contributed by atoms with Gasteiger partial charge in [0.15, 0.2) is 0 Å². The van der Waals surface area contributed by atoms with E-state index < -0.39 is 16.4 Å². The van der Waals surface area contributed by atoms with Crippen molar-refractivity contribution in [3.8, 4) is 5.75 Å². The Labute approximate surface area is 115 Å². The minimum absolute atomic E-state index is 0.117. The highest BCUT2D eigenvalue weighted by Gasteiger charge is 2.38. The maximum absolute atomic E-state index is 12.2. The molecule has 108 valence electrons. The quantitative estimate of drug-likeness (QED) is 0.624. The van der Waals surface area contributed by atoms with Crippen molar-refractivity contribution in [2.45, 2.75) is 24.8 Å². The largest absolute Gasteiger partial charge is 0.496 e. The Hall–Kier alpha value is -2.15. The second-order valence-electron chi connectivity index (χ2n) is 4.89. The number of nitrogens with zero attached hydrogens (tertiary/aromatic N) is 1. The molecule has 1 aromatic rings. The number of nitro benzene ring substituents is 1. The number of rotatable bonds is 5. The van der Waals surface area contributed by atoms with Crippen LogP contribution in [0.3, 0.4) is 0 Å². The summed E-state index contributed by atoms with van der Waals surface area (Å²) in [4.78, 5) is 22.3. The highest BCUT2D eigenvalue weighted by molar-refractivity contribution is 5.97. The number of carbonyl (C=O) groups is 1. The molecule has 0 atom stereocenters. The first-order chi connectivity index (χ1) is 9.51. The lowest BCUT2D eigenvalue weighted by Gasteiger charge is -2.41. The number of hydrogen-bond donors (Lipinski definition) is 2. The summed E-state index contributed by atoms with van der Waals surface area (Å²) in [6.45, 7) is -0.117. The van der Waals surface area contributed by atoms with Gasteiger partial charge in [0.1, 0.15) is 5.75 Å². The van der Waals surface area contributed by atoms with Crippen LogP contribution in [0.1, 0.15) is 29.6 Å². The van der Waals surface area contributed by atoms with Crippen molar-refractivity contribution in [3.63, 3.8) is 0 Å². The Kier molecular flexibility index (Phi) is 3.89. The van der Waals surface area contributed by atoms with Gasteiger partial charge in [-0.1, -0.05) is 0 Å². The number of benzene rings is 1. The summed E-state index contributed by atoms with van der Waals surface area (Å²) in [6, 6.07) is 3.82. The van der Waals surface area contributed by atoms with Gasteiger partial charge in [0.2, 0.25) is 0 Å². The van der Waals surface area contributed by atoms with Crippen molar-refractivity contribution >= 4 is 11.6 Å². The lowest BCUT2D eigenvalue weighted by Crippen LogP contribution is -2.56. The minimum atomic E-state index is -0.566. The number of ether oxygens (including phenoxy) is 1. The zero-order valence-corrected chi connectivity index (χ0v) is 11.1. The molecule has 2 N–H and O–H groups in total. The van der Waals surface area contributed by atoms with E-state index in [9.17, 15) is 20.0 Å². The van der Waals surface area contributed by atoms with Crippen molar-refractivity contribution in [1.82, 2.24) is 5.32 Å². The van der Waals surface area contributed by atoms with E-state index in [-0.39, 0.29) is 23.6 Å². The number of nitrogens with one attached hydrogen (secondary N) is 1. The van der Waals surface area contributed by atoms with E-state index >= 15 is 0 Å². The van der Waals surface area contributed by atoms with Gasteiger partial charge in [-0.25, -0.2) is 0 Å². The third-order valence-corrected chi connectivity index (χ3v) is 3.63. The highest BCUT2D eigenvalue weighted by Crippen LogP contribution is 2.32. The van der Waals surface area contributed by atoms with Gasteiger partial charge < -0.3 is 15.2 Å². The highest BCUT2D eigenvalue weighted by atomic mass is 16.6. The minimum Gasteiger partial charge on any atom is -0.496 e. The van der Waals surface area contributed by atoms with Gasteiger partial charge in [0.25, 0.3) is 11.6 Å². The van der Waals surface area contributed by atoms with E-state index in [1.165, 1.54) is 25.3 Å². The van der Waals surface area contributed by atoms with E-state index in [2.05, 4.69) is 5.32 Å². The summed E-state index contributed by atoms with van der Waals surface area (Å²) >= 11 is 0. The van der Waals surface area contributed by atoms with Crippen molar-refractivity contribution < 1.29 is 19.6 Å². The summed E-state index contributed by atoms with van der Waals surface area (Å²) in [7, 11) is 1.35. The number of methoxy groups -OCH3 is 1. The second kappa shape index (κ2) is 5.46. The molecule has 0 spiro atoms. The number of carbonyl (C=O) groups excluding carboxylic acids is 1. The van der Waals surface area contributed by atoms with Crippen LogP contribution in [-0.2, 0) is 0 Å². The van der Waals surface area contributed by atoms with Crippen LogP contribution >= 0.6 is 0 Å². The third kappa shape index (κ3) is 2.57. The molecule has 0 aliphatic heterocycles. The molecule has 0 aromatic heterocycles. The van der Waals surface area contributed by atoms with Gasteiger partial charge in [-0.3, -0.25) is 14.9 Å². The topological polar surface area (TPSA) is 102 Å². The van der Waals surface area contributed by atoms with Gasteiger partial charge in [-0.15, -0.1) is 0 Å². The summed E-state index contributed by atoms with van der Waals surface area (Å²) in [5.74, 6) is -0.255. The van der Waals surface area contributed by atoms with Gasteiger partial charge in [-0.2, -0.15) is 0 Å². The molecule has 1 aromatic carbocycles. The number of aliphatic hydroxyl groups is 1. The molecule has 0 radical (unpaired) electrons. The molecule has 1 saturated carbocycles. The number of amides is 1. The molecule has 7 nitrogen and oxygen atoms in total. The Morgan fingerprint density at radius 2 is 2.25 bits per heavy atom. The fourth-order valence-corrected chi connectivity index (χ4v) is 2.22. The number of aliphatic hydroxyl groups excluding tert-OH is 1. The van der Waals surface area contributed by atoms with E-state index in [0.29, 0.717) is 0 Å². The normalized spacial score (nSPS) is 16.1. The van der Waals surface area contributed by atoms with Crippen LogP contribution in [0, 0.1) is 10.1 Å². The van der Waals surface area contributed by atoms with Crippen molar-refractivity contribution in [2.24, 2.45) is 0 Å². The predicted octanol–water partition coefficient (Wildman–Crippen LogP) is 1.25. The van der Waals surface area contributed by atoms with E-state index in [0.717, 1.165) is 19.3 Å². The summed E-state index contributed by atoms with van der Waals surface area (Å²) in [6.07, 6.45) is 2.41. The second-order valence-corrected chi connectivity index (χ2v) is 4.89. The Balaban J connectivity index is 2.23. The Morgan fingerprint density at radius 3 is 2.70 bits per heavy atom. The lowest BCUT2D eigenvalue weighted by atomic mass is 9.77. The molecular formula is C13H16N2O5. The van der Waals surface area contributed by atoms with Gasteiger partial charge in [0, 0.05) is 6.07 Å². The molecule has 0 saturated heterocycles. The average Bonchev–Trinajstić information content (AvgIpc) is 2.41. The number of hydrogen-bond acceptors (Lipinski definition) is 5. The fraction of sp³-hybridized carbons (Fsp3) is 0.462. The van der Waals surface area contributed by atoms with Crippen LogP contribution < -0.4 is 10.1 Å². The van der Waals surface area contributed by atoms with Gasteiger partial charge in [-0.05, 0) is 25.3 Å². The van der Waals surface area contributed by atoms with Crippen molar-refractivity contribution in [1.29, 1.82) is 0 Å². The smallest absolute Gasteiger partial charge is 0.273 e. The van der Waals surface area contributed by atoms with Gasteiger partial charge >= 0.3 is 0 Å². The summed E-state index contributed by atoms with van der Waals surface area (Å²) in [5, 5.41) is 22.8. The SMILES string of the molecule is COc1cc([N+](=O)[O-])ccc1C(=O)NC1(CO)CCC1. The first kappa shape index (κ1) is 14.3. The molecule has 2 rings (SSSR count). The van der Waals surface area contributed by atoms with E-state index in [4.69, 9.17) is 4.74 Å².